The zero-order valence-corrected chi connectivity index (χ0v) is 15.6. The van der Waals surface area contributed by atoms with Crippen LogP contribution in [0.25, 0.3) is 22.8 Å². The number of aryl methyl sites for hydroxylation is 2. The molecule has 1 amide bonds. The molecule has 7 heteroatoms. The van der Waals surface area contributed by atoms with E-state index in [2.05, 4.69) is 38.7 Å². The van der Waals surface area contributed by atoms with Crippen molar-refractivity contribution in [2.75, 3.05) is 13.1 Å². The van der Waals surface area contributed by atoms with Crippen molar-refractivity contribution in [1.82, 2.24) is 29.2 Å². The normalized spacial score (nSPS) is 14.3. The van der Waals surface area contributed by atoms with Crippen LogP contribution in [0.15, 0.2) is 43.0 Å². The number of benzene rings is 1. The maximum absolute atomic E-state index is 11.8. The average Bonchev–Trinajstić information content (AvgIpc) is 3.42. The molecule has 4 rings (SSSR count). The predicted octanol–water partition coefficient (Wildman–Crippen LogP) is 2.84. The number of amides is 1. The molecule has 1 saturated heterocycles. The molecule has 2 aromatic heterocycles. The Balaban J connectivity index is 1.63. The Hall–Kier alpha value is -2.96. The van der Waals surface area contributed by atoms with Crippen molar-refractivity contribution in [1.29, 1.82) is 0 Å². The Morgan fingerprint density at radius 3 is 2.70 bits per heavy atom. The highest BCUT2D eigenvalue weighted by Gasteiger charge is 2.21. The van der Waals surface area contributed by atoms with Gasteiger partial charge in [-0.25, -0.2) is 14.6 Å². The maximum Gasteiger partial charge on any atom is 0.222 e. The van der Waals surface area contributed by atoms with Gasteiger partial charge in [-0.1, -0.05) is 30.3 Å². The molecule has 0 unspecified atom stereocenters. The van der Waals surface area contributed by atoms with Crippen LogP contribution in [-0.2, 0) is 17.9 Å². The van der Waals surface area contributed by atoms with Crippen LogP contribution >= 0.6 is 0 Å². The summed E-state index contributed by atoms with van der Waals surface area (Å²) >= 11 is 0. The Kier molecular flexibility index (Phi) is 5.00. The lowest BCUT2D eigenvalue weighted by atomic mass is 10.1. The minimum absolute atomic E-state index is 0.275. The molecular formula is C20H24N6O. The number of nitrogens with zero attached hydrogens (tertiary/aromatic N) is 6. The first-order valence-electron chi connectivity index (χ1n) is 9.54. The van der Waals surface area contributed by atoms with Crippen molar-refractivity contribution in [3.05, 3.63) is 43.0 Å². The van der Waals surface area contributed by atoms with Crippen LogP contribution in [0.1, 0.15) is 26.2 Å². The molecule has 0 aliphatic carbocycles. The summed E-state index contributed by atoms with van der Waals surface area (Å²) < 4.78 is 4.03. The van der Waals surface area contributed by atoms with Gasteiger partial charge >= 0.3 is 0 Å². The van der Waals surface area contributed by atoms with E-state index < -0.39 is 0 Å². The lowest BCUT2D eigenvalue weighted by molar-refractivity contribution is -0.127. The molecule has 0 atom stereocenters. The van der Waals surface area contributed by atoms with E-state index in [9.17, 15) is 4.79 Å². The van der Waals surface area contributed by atoms with Gasteiger partial charge in [-0.2, -0.15) is 5.10 Å². The summed E-state index contributed by atoms with van der Waals surface area (Å²) in [5.74, 6) is 1.10. The Morgan fingerprint density at radius 1 is 1.11 bits per heavy atom. The third-order valence-electron chi connectivity index (χ3n) is 5.01. The van der Waals surface area contributed by atoms with E-state index in [0.29, 0.717) is 6.42 Å². The monoisotopic (exact) mass is 364 g/mol. The number of carbonyl (C=O) groups excluding carboxylic acids is 1. The van der Waals surface area contributed by atoms with Crippen molar-refractivity contribution in [2.24, 2.45) is 0 Å². The highest BCUT2D eigenvalue weighted by atomic mass is 16.2. The van der Waals surface area contributed by atoms with E-state index in [1.165, 1.54) is 0 Å². The fraction of sp³-hybridized carbons (Fsp3) is 0.400. The van der Waals surface area contributed by atoms with Crippen molar-refractivity contribution in [3.8, 4) is 22.8 Å². The van der Waals surface area contributed by atoms with E-state index in [4.69, 9.17) is 0 Å². The minimum Gasteiger partial charge on any atom is -0.343 e. The first-order valence-corrected chi connectivity index (χ1v) is 9.54. The second-order valence-corrected chi connectivity index (χ2v) is 6.74. The summed E-state index contributed by atoms with van der Waals surface area (Å²) in [5.41, 5.74) is 2.95. The van der Waals surface area contributed by atoms with Gasteiger partial charge in [0, 0.05) is 38.2 Å². The smallest absolute Gasteiger partial charge is 0.222 e. The van der Waals surface area contributed by atoms with E-state index in [-0.39, 0.29) is 5.91 Å². The first kappa shape index (κ1) is 17.5. The highest BCUT2D eigenvalue weighted by Crippen LogP contribution is 2.30. The van der Waals surface area contributed by atoms with Crippen LogP contribution < -0.4 is 0 Å². The van der Waals surface area contributed by atoms with Crippen LogP contribution in [0.4, 0.5) is 0 Å². The molecule has 1 aliphatic rings. The minimum atomic E-state index is 0.275. The van der Waals surface area contributed by atoms with Gasteiger partial charge in [0.2, 0.25) is 5.91 Å². The fourth-order valence-corrected chi connectivity index (χ4v) is 3.64. The standard InChI is InChI=1S/C20H24N6O/c1-2-26-20(21-14-23-26)19-18(16-8-4-3-5-9-16)22-15-25(19)13-7-12-24-11-6-10-17(24)27/h3-5,8-9,14-15H,2,6-7,10-13H2,1H3. The van der Waals surface area contributed by atoms with Gasteiger partial charge < -0.3 is 9.47 Å². The number of carbonyl (C=O) groups is 1. The van der Waals surface area contributed by atoms with Crippen molar-refractivity contribution in [3.63, 3.8) is 0 Å². The van der Waals surface area contributed by atoms with Crippen LogP contribution in [0.3, 0.4) is 0 Å². The summed E-state index contributed by atoms with van der Waals surface area (Å²) in [4.78, 5) is 23.0. The van der Waals surface area contributed by atoms with Crippen molar-refractivity contribution < 1.29 is 4.79 Å². The van der Waals surface area contributed by atoms with Crippen molar-refractivity contribution in [2.45, 2.75) is 39.3 Å². The molecule has 140 valence electrons. The second-order valence-electron chi connectivity index (χ2n) is 6.74. The third kappa shape index (κ3) is 3.49. The van der Waals surface area contributed by atoms with Gasteiger partial charge in [-0.15, -0.1) is 0 Å². The molecule has 1 fully saturated rings. The zero-order valence-electron chi connectivity index (χ0n) is 15.6. The van der Waals surface area contributed by atoms with Gasteiger partial charge in [0.25, 0.3) is 0 Å². The van der Waals surface area contributed by atoms with Crippen LogP contribution in [0.5, 0.6) is 0 Å². The number of imidazole rings is 1. The lowest BCUT2D eigenvalue weighted by Crippen LogP contribution is -2.26. The summed E-state index contributed by atoms with van der Waals surface area (Å²) in [6.07, 6.45) is 6.02. The number of hydrogen-bond donors (Lipinski definition) is 0. The molecule has 27 heavy (non-hydrogen) atoms. The molecule has 0 N–H and O–H groups in total. The quantitative estimate of drug-likeness (QED) is 0.646. The molecule has 3 heterocycles. The molecule has 0 bridgehead atoms. The molecule has 1 aliphatic heterocycles. The molecular weight excluding hydrogens is 340 g/mol. The first-order chi connectivity index (χ1) is 13.3. The molecule has 7 nitrogen and oxygen atoms in total. The molecule has 0 saturated carbocycles. The summed E-state index contributed by atoms with van der Waals surface area (Å²) in [5, 5.41) is 4.33. The van der Waals surface area contributed by atoms with Crippen molar-refractivity contribution >= 4 is 5.91 Å². The van der Waals surface area contributed by atoms with E-state index >= 15 is 0 Å². The van der Waals surface area contributed by atoms with E-state index in [1.54, 1.807) is 6.33 Å². The predicted molar refractivity (Wildman–Crippen MR) is 103 cm³/mol. The van der Waals surface area contributed by atoms with Crippen LogP contribution in [0.2, 0.25) is 0 Å². The maximum atomic E-state index is 11.8. The van der Waals surface area contributed by atoms with E-state index in [0.717, 1.165) is 61.8 Å². The average molecular weight is 364 g/mol. The fourth-order valence-electron chi connectivity index (χ4n) is 3.64. The van der Waals surface area contributed by atoms with Gasteiger partial charge in [-0.3, -0.25) is 4.79 Å². The molecule has 1 aromatic carbocycles. The Morgan fingerprint density at radius 2 is 1.96 bits per heavy atom. The Labute approximate surface area is 158 Å². The molecule has 3 aromatic rings. The SMILES string of the molecule is CCn1ncnc1-c1c(-c2ccccc2)ncn1CCCN1CCCC1=O. The van der Waals surface area contributed by atoms with Gasteiger partial charge in [0.1, 0.15) is 12.0 Å². The van der Waals surface area contributed by atoms with Gasteiger partial charge in [-0.05, 0) is 19.8 Å². The van der Waals surface area contributed by atoms with E-state index in [1.807, 2.05) is 34.1 Å². The number of rotatable bonds is 7. The Bertz CT molecular complexity index is 914. The summed E-state index contributed by atoms with van der Waals surface area (Å²) in [6.45, 7) is 5.26. The topological polar surface area (TPSA) is 68.8 Å². The molecule has 0 radical (unpaired) electrons. The third-order valence-corrected chi connectivity index (χ3v) is 5.01. The molecule has 0 spiro atoms. The number of aromatic nitrogens is 5. The van der Waals surface area contributed by atoms with Gasteiger partial charge in [0.15, 0.2) is 5.82 Å². The summed E-state index contributed by atoms with van der Waals surface area (Å²) in [6, 6.07) is 10.2. The number of likely N-dealkylation sites (tertiary alicyclic amines) is 1. The lowest BCUT2D eigenvalue weighted by Gasteiger charge is -2.16. The number of hydrogen-bond acceptors (Lipinski definition) is 4. The highest BCUT2D eigenvalue weighted by molar-refractivity contribution is 5.78. The van der Waals surface area contributed by atoms with Crippen LogP contribution in [0, 0.1) is 0 Å². The zero-order chi connectivity index (χ0) is 18.6. The second kappa shape index (κ2) is 7.73. The van der Waals surface area contributed by atoms with Crippen LogP contribution in [-0.4, -0.2) is 48.2 Å². The summed E-state index contributed by atoms with van der Waals surface area (Å²) in [7, 11) is 0. The van der Waals surface area contributed by atoms with Gasteiger partial charge in [0.05, 0.1) is 12.0 Å². The largest absolute Gasteiger partial charge is 0.343 e.